The van der Waals surface area contributed by atoms with E-state index in [4.69, 9.17) is 4.74 Å². The summed E-state index contributed by atoms with van der Waals surface area (Å²) in [5.41, 5.74) is 1.91. The second-order valence-electron chi connectivity index (χ2n) is 7.88. The van der Waals surface area contributed by atoms with E-state index in [-0.39, 0.29) is 18.0 Å². The van der Waals surface area contributed by atoms with E-state index in [2.05, 4.69) is 40.3 Å². The molecule has 144 valence electrons. The average Bonchev–Trinajstić information content (AvgIpc) is 2.55. The summed E-state index contributed by atoms with van der Waals surface area (Å²) in [6.45, 7) is 8.89. The van der Waals surface area contributed by atoms with Gasteiger partial charge in [0, 0.05) is 30.0 Å². The minimum absolute atomic E-state index is 0.0695. The van der Waals surface area contributed by atoms with Crippen LogP contribution in [0.1, 0.15) is 51.2 Å². The van der Waals surface area contributed by atoms with Gasteiger partial charge in [0.05, 0.1) is 0 Å². The first-order valence-corrected chi connectivity index (χ1v) is 9.95. The van der Waals surface area contributed by atoms with Gasteiger partial charge in [-0.3, -0.25) is 4.79 Å². The van der Waals surface area contributed by atoms with Crippen LogP contribution in [-0.4, -0.2) is 41.6 Å². The van der Waals surface area contributed by atoms with Crippen LogP contribution in [0.4, 0.5) is 4.79 Å². The summed E-state index contributed by atoms with van der Waals surface area (Å²) in [5.74, 6) is 0.0695. The molecule has 1 aromatic carbocycles. The smallest absolute Gasteiger partial charge is 0.410 e. The van der Waals surface area contributed by atoms with Crippen LogP contribution in [-0.2, 0) is 16.0 Å². The summed E-state index contributed by atoms with van der Waals surface area (Å²) in [4.78, 5) is 26.1. The van der Waals surface area contributed by atoms with Crippen molar-refractivity contribution in [3.05, 3.63) is 33.8 Å². The number of hydrogen-bond acceptors (Lipinski definition) is 3. The van der Waals surface area contributed by atoms with Crippen molar-refractivity contribution in [1.29, 1.82) is 0 Å². The molecule has 0 bridgehead atoms. The van der Waals surface area contributed by atoms with Crippen molar-refractivity contribution in [2.75, 3.05) is 13.1 Å². The van der Waals surface area contributed by atoms with Gasteiger partial charge >= 0.3 is 6.09 Å². The van der Waals surface area contributed by atoms with Crippen molar-refractivity contribution in [3.63, 3.8) is 0 Å². The topological polar surface area (TPSA) is 58.6 Å². The SMILES string of the molecule is Cc1ccc(Br)cc1CCC(=O)NC1CCN(C(=O)OC(C)(C)C)CC1. The molecule has 26 heavy (non-hydrogen) atoms. The van der Waals surface area contributed by atoms with Crippen molar-refractivity contribution < 1.29 is 14.3 Å². The maximum atomic E-state index is 12.3. The number of carbonyl (C=O) groups is 2. The molecule has 1 aromatic rings. The van der Waals surface area contributed by atoms with Crippen LogP contribution in [0.3, 0.4) is 0 Å². The lowest BCUT2D eigenvalue weighted by Gasteiger charge is -2.33. The van der Waals surface area contributed by atoms with Crippen LogP contribution in [0.5, 0.6) is 0 Å². The van der Waals surface area contributed by atoms with Crippen LogP contribution >= 0.6 is 15.9 Å². The van der Waals surface area contributed by atoms with Crippen LogP contribution in [0, 0.1) is 6.92 Å². The van der Waals surface area contributed by atoms with E-state index in [1.54, 1.807) is 4.90 Å². The first-order chi connectivity index (χ1) is 12.1. The number of amides is 2. The van der Waals surface area contributed by atoms with Crippen LogP contribution in [0.15, 0.2) is 22.7 Å². The fourth-order valence-electron chi connectivity index (χ4n) is 2.99. The van der Waals surface area contributed by atoms with E-state index in [0.717, 1.165) is 23.7 Å². The second-order valence-corrected chi connectivity index (χ2v) is 8.80. The van der Waals surface area contributed by atoms with Gasteiger partial charge in [-0.25, -0.2) is 4.79 Å². The van der Waals surface area contributed by atoms with Crippen molar-refractivity contribution in [3.8, 4) is 0 Å². The normalized spacial score (nSPS) is 15.7. The summed E-state index contributed by atoms with van der Waals surface area (Å²) in [7, 11) is 0. The van der Waals surface area contributed by atoms with Crippen LogP contribution in [0.2, 0.25) is 0 Å². The van der Waals surface area contributed by atoms with E-state index in [9.17, 15) is 9.59 Å². The fraction of sp³-hybridized carbons (Fsp3) is 0.600. The maximum absolute atomic E-state index is 12.3. The van der Waals surface area contributed by atoms with Crippen molar-refractivity contribution in [1.82, 2.24) is 10.2 Å². The molecule has 5 nitrogen and oxygen atoms in total. The third-order valence-electron chi connectivity index (χ3n) is 4.44. The zero-order valence-corrected chi connectivity index (χ0v) is 17.7. The monoisotopic (exact) mass is 424 g/mol. The number of aryl methyl sites for hydroxylation is 2. The average molecular weight is 425 g/mol. The lowest BCUT2D eigenvalue weighted by atomic mass is 10.0. The molecule has 2 rings (SSSR count). The minimum atomic E-state index is -0.479. The lowest BCUT2D eigenvalue weighted by molar-refractivity contribution is -0.122. The standard InChI is InChI=1S/C20H29BrN2O3/c1-14-5-7-16(21)13-15(14)6-8-18(24)22-17-9-11-23(12-10-17)19(25)26-20(2,3)4/h5,7,13,17H,6,8-12H2,1-4H3,(H,22,24). The summed E-state index contributed by atoms with van der Waals surface area (Å²) in [6, 6.07) is 6.27. The molecular weight excluding hydrogens is 396 g/mol. The summed E-state index contributed by atoms with van der Waals surface area (Å²) >= 11 is 3.48. The highest BCUT2D eigenvalue weighted by atomic mass is 79.9. The van der Waals surface area contributed by atoms with Gasteiger partial charge in [-0.2, -0.15) is 0 Å². The Kier molecular flexibility index (Phi) is 7.09. The molecule has 1 aliphatic heterocycles. The highest BCUT2D eigenvalue weighted by molar-refractivity contribution is 9.10. The zero-order chi connectivity index (χ0) is 19.3. The summed E-state index contributed by atoms with van der Waals surface area (Å²) in [6.07, 6.45) is 2.46. The molecule has 2 amide bonds. The predicted molar refractivity (Wildman–Crippen MR) is 106 cm³/mol. The molecule has 0 radical (unpaired) electrons. The number of carbonyl (C=O) groups excluding carboxylic acids is 2. The number of ether oxygens (including phenoxy) is 1. The number of piperidine rings is 1. The highest BCUT2D eigenvalue weighted by Gasteiger charge is 2.27. The number of benzene rings is 1. The molecule has 1 fully saturated rings. The minimum Gasteiger partial charge on any atom is -0.444 e. The molecule has 0 atom stereocenters. The second kappa shape index (κ2) is 8.89. The first-order valence-electron chi connectivity index (χ1n) is 9.16. The van der Waals surface area contributed by atoms with E-state index in [1.165, 1.54) is 11.1 Å². The summed E-state index contributed by atoms with van der Waals surface area (Å²) < 4.78 is 6.43. The van der Waals surface area contributed by atoms with E-state index < -0.39 is 5.60 Å². The Morgan fingerprint density at radius 1 is 1.27 bits per heavy atom. The molecule has 0 spiro atoms. The van der Waals surface area contributed by atoms with E-state index in [1.807, 2.05) is 26.8 Å². The predicted octanol–water partition coefficient (Wildman–Crippen LogP) is 4.21. The Bertz CT molecular complexity index is 647. The first kappa shape index (κ1) is 20.7. The molecule has 1 N–H and O–H groups in total. The molecule has 1 heterocycles. The van der Waals surface area contributed by atoms with Gasteiger partial charge < -0.3 is 15.0 Å². The van der Waals surface area contributed by atoms with Crippen molar-refractivity contribution >= 4 is 27.9 Å². The van der Waals surface area contributed by atoms with Gasteiger partial charge in [-0.05, 0) is 70.2 Å². The van der Waals surface area contributed by atoms with Crippen LogP contribution in [0.25, 0.3) is 0 Å². The molecular formula is C20H29BrN2O3. The van der Waals surface area contributed by atoms with Gasteiger partial charge in [0.1, 0.15) is 5.60 Å². The largest absolute Gasteiger partial charge is 0.444 e. The van der Waals surface area contributed by atoms with Gasteiger partial charge in [-0.1, -0.05) is 22.0 Å². The number of nitrogens with zero attached hydrogens (tertiary/aromatic N) is 1. The Morgan fingerprint density at radius 2 is 1.92 bits per heavy atom. The Labute approximate surface area is 164 Å². The van der Waals surface area contributed by atoms with Crippen molar-refractivity contribution in [2.45, 2.75) is 65.0 Å². The lowest BCUT2D eigenvalue weighted by Crippen LogP contribution is -2.47. The van der Waals surface area contributed by atoms with E-state index >= 15 is 0 Å². The third kappa shape index (κ3) is 6.63. The van der Waals surface area contributed by atoms with Crippen molar-refractivity contribution in [2.24, 2.45) is 0 Å². The zero-order valence-electron chi connectivity index (χ0n) is 16.1. The molecule has 0 aromatic heterocycles. The third-order valence-corrected chi connectivity index (χ3v) is 4.94. The Morgan fingerprint density at radius 3 is 2.54 bits per heavy atom. The quantitative estimate of drug-likeness (QED) is 0.787. The number of hydrogen-bond donors (Lipinski definition) is 1. The maximum Gasteiger partial charge on any atom is 0.410 e. The Balaban J connectivity index is 1.74. The summed E-state index contributed by atoms with van der Waals surface area (Å²) in [5, 5.41) is 3.10. The number of halogens is 1. The molecule has 6 heteroatoms. The van der Waals surface area contributed by atoms with E-state index in [0.29, 0.717) is 19.5 Å². The molecule has 1 saturated heterocycles. The number of rotatable bonds is 4. The van der Waals surface area contributed by atoms with Gasteiger partial charge in [-0.15, -0.1) is 0 Å². The molecule has 0 saturated carbocycles. The molecule has 1 aliphatic rings. The van der Waals surface area contributed by atoms with Gasteiger partial charge in [0.25, 0.3) is 0 Å². The van der Waals surface area contributed by atoms with Gasteiger partial charge in [0.15, 0.2) is 0 Å². The van der Waals surface area contributed by atoms with Gasteiger partial charge in [0.2, 0.25) is 5.91 Å². The van der Waals surface area contributed by atoms with Crippen LogP contribution < -0.4 is 5.32 Å². The molecule has 0 unspecified atom stereocenters. The fourth-order valence-corrected chi connectivity index (χ4v) is 3.40. The number of likely N-dealkylation sites (tertiary alicyclic amines) is 1. The highest BCUT2D eigenvalue weighted by Crippen LogP contribution is 2.18. The number of nitrogens with one attached hydrogen (secondary N) is 1. The molecule has 0 aliphatic carbocycles. The Hall–Kier alpha value is -1.56.